The number of ketones is 1. The van der Waals surface area contributed by atoms with Gasteiger partial charge in [0.15, 0.2) is 12.4 Å². The van der Waals surface area contributed by atoms with Crippen LogP contribution in [-0.2, 0) is 13.5 Å². The highest BCUT2D eigenvalue weighted by Crippen LogP contribution is 2.28. The Hall–Kier alpha value is -4.97. The number of rotatable bonds is 7. The van der Waals surface area contributed by atoms with Crippen LogP contribution in [0.3, 0.4) is 0 Å². The van der Waals surface area contributed by atoms with Crippen molar-refractivity contribution in [2.24, 2.45) is 7.05 Å². The Bertz CT molecular complexity index is 1870. The molecule has 6 rings (SSSR count). The van der Waals surface area contributed by atoms with E-state index >= 15 is 0 Å². The average Bonchev–Trinajstić information content (AvgIpc) is 3.49. The SMILES string of the molecule is Cc1cc(C(=O)c2ccccc2)cc(C)c1OCC(=O)n1c(Cc2cn(C)c3ccccc23)nc2ccccc21. The van der Waals surface area contributed by atoms with Gasteiger partial charge in [-0.25, -0.2) is 4.98 Å². The smallest absolute Gasteiger partial charge is 0.270 e. The predicted octanol–water partition coefficient (Wildman–Crippen LogP) is 6.69. The van der Waals surface area contributed by atoms with Crippen molar-refractivity contribution in [1.82, 2.24) is 14.1 Å². The van der Waals surface area contributed by atoms with Gasteiger partial charge in [0, 0.05) is 41.7 Å². The fourth-order valence-corrected chi connectivity index (χ4v) is 5.47. The van der Waals surface area contributed by atoms with Crippen LogP contribution in [0.25, 0.3) is 21.9 Å². The van der Waals surface area contributed by atoms with E-state index in [4.69, 9.17) is 9.72 Å². The molecule has 0 radical (unpaired) electrons. The summed E-state index contributed by atoms with van der Waals surface area (Å²) >= 11 is 0. The van der Waals surface area contributed by atoms with Gasteiger partial charge in [0.1, 0.15) is 11.6 Å². The zero-order valence-electron chi connectivity index (χ0n) is 22.7. The summed E-state index contributed by atoms with van der Waals surface area (Å²) in [6.45, 7) is 3.64. The minimum Gasteiger partial charge on any atom is -0.483 e. The van der Waals surface area contributed by atoms with Crippen molar-refractivity contribution in [3.63, 3.8) is 0 Å². The number of imidazole rings is 1. The summed E-state index contributed by atoms with van der Waals surface area (Å²) < 4.78 is 9.88. The van der Waals surface area contributed by atoms with Gasteiger partial charge in [-0.3, -0.25) is 14.2 Å². The Morgan fingerprint density at radius 1 is 0.800 bits per heavy atom. The second-order valence-electron chi connectivity index (χ2n) is 10.1. The maximum absolute atomic E-state index is 13.7. The normalized spacial score (nSPS) is 11.3. The van der Waals surface area contributed by atoms with Gasteiger partial charge in [-0.2, -0.15) is 0 Å². The van der Waals surface area contributed by atoms with E-state index in [0.717, 1.165) is 38.6 Å². The van der Waals surface area contributed by atoms with E-state index in [1.165, 1.54) is 0 Å². The Kier molecular flexibility index (Phi) is 6.52. The summed E-state index contributed by atoms with van der Waals surface area (Å²) in [6, 6.07) is 28.7. The molecule has 6 nitrogen and oxygen atoms in total. The Labute approximate surface area is 232 Å². The molecule has 0 aliphatic carbocycles. The second-order valence-corrected chi connectivity index (χ2v) is 10.1. The number of fused-ring (bicyclic) bond motifs is 2. The summed E-state index contributed by atoms with van der Waals surface area (Å²) in [5.74, 6) is 1.03. The molecule has 0 atom stereocenters. The summed E-state index contributed by atoms with van der Waals surface area (Å²) in [6.07, 6.45) is 2.61. The van der Waals surface area contributed by atoms with E-state index < -0.39 is 0 Å². The molecule has 198 valence electrons. The molecule has 0 aliphatic rings. The van der Waals surface area contributed by atoms with Crippen molar-refractivity contribution in [1.29, 1.82) is 0 Å². The largest absolute Gasteiger partial charge is 0.483 e. The van der Waals surface area contributed by atoms with Crippen LogP contribution in [0, 0.1) is 13.8 Å². The zero-order chi connectivity index (χ0) is 27.8. The number of benzene rings is 4. The van der Waals surface area contributed by atoms with Gasteiger partial charge >= 0.3 is 0 Å². The Morgan fingerprint density at radius 2 is 1.45 bits per heavy atom. The molecule has 0 N–H and O–H groups in total. The Morgan fingerprint density at radius 3 is 2.20 bits per heavy atom. The van der Waals surface area contributed by atoms with Gasteiger partial charge in [-0.05, 0) is 60.9 Å². The molecular weight excluding hydrogens is 498 g/mol. The molecule has 0 bridgehead atoms. The number of hydrogen-bond acceptors (Lipinski definition) is 4. The lowest BCUT2D eigenvalue weighted by atomic mass is 9.98. The monoisotopic (exact) mass is 527 g/mol. The molecule has 0 aliphatic heterocycles. The van der Waals surface area contributed by atoms with Crippen LogP contribution in [0.5, 0.6) is 5.75 Å². The van der Waals surface area contributed by atoms with Crippen LogP contribution in [-0.4, -0.2) is 32.4 Å². The number of aryl methyl sites for hydroxylation is 3. The van der Waals surface area contributed by atoms with Crippen molar-refractivity contribution in [3.8, 4) is 5.75 Å². The second kappa shape index (κ2) is 10.3. The van der Waals surface area contributed by atoms with Crippen LogP contribution in [0.1, 0.15) is 43.2 Å². The van der Waals surface area contributed by atoms with Crippen molar-refractivity contribution >= 4 is 33.6 Å². The van der Waals surface area contributed by atoms with E-state index in [9.17, 15) is 9.59 Å². The molecular formula is C34H29N3O3. The third kappa shape index (κ3) is 4.58. The molecule has 0 saturated carbocycles. The summed E-state index contributed by atoms with van der Waals surface area (Å²) in [5.41, 5.74) is 6.60. The lowest BCUT2D eigenvalue weighted by molar-refractivity contribution is 0.0838. The number of aromatic nitrogens is 3. The summed E-state index contributed by atoms with van der Waals surface area (Å²) in [4.78, 5) is 31.5. The maximum atomic E-state index is 13.7. The molecule has 0 saturated heterocycles. The molecule has 4 aromatic carbocycles. The van der Waals surface area contributed by atoms with E-state index in [2.05, 4.69) is 22.9 Å². The number of carbonyl (C=O) groups excluding carboxylic acids is 2. The van der Waals surface area contributed by atoms with Gasteiger partial charge in [0.25, 0.3) is 5.91 Å². The molecule has 2 aromatic heterocycles. The van der Waals surface area contributed by atoms with Crippen LogP contribution in [0.15, 0.2) is 97.2 Å². The summed E-state index contributed by atoms with van der Waals surface area (Å²) in [7, 11) is 2.02. The van der Waals surface area contributed by atoms with E-state index in [1.54, 1.807) is 16.7 Å². The highest BCUT2D eigenvalue weighted by Gasteiger charge is 2.20. The first-order chi connectivity index (χ1) is 19.4. The van der Waals surface area contributed by atoms with E-state index in [0.29, 0.717) is 29.1 Å². The summed E-state index contributed by atoms with van der Waals surface area (Å²) in [5, 5.41) is 1.14. The van der Waals surface area contributed by atoms with Gasteiger partial charge in [0.2, 0.25) is 0 Å². The first-order valence-electron chi connectivity index (χ1n) is 13.3. The third-order valence-corrected chi connectivity index (χ3v) is 7.31. The van der Waals surface area contributed by atoms with E-state index in [1.807, 2.05) is 87.6 Å². The molecule has 0 unspecified atom stereocenters. The highest BCUT2D eigenvalue weighted by atomic mass is 16.5. The molecule has 6 aromatic rings. The van der Waals surface area contributed by atoms with Crippen LogP contribution in [0.2, 0.25) is 0 Å². The maximum Gasteiger partial charge on any atom is 0.270 e. The number of nitrogens with zero attached hydrogens (tertiary/aromatic N) is 3. The van der Waals surface area contributed by atoms with Crippen LogP contribution in [0.4, 0.5) is 0 Å². The predicted molar refractivity (Wildman–Crippen MR) is 157 cm³/mol. The van der Waals surface area contributed by atoms with Gasteiger partial charge in [-0.1, -0.05) is 60.7 Å². The number of ether oxygens (including phenoxy) is 1. The molecule has 0 spiro atoms. The quantitative estimate of drug-likeness (QED) is 0.217. The van der Waals surface area contributed by atoms with Gasteiger partial charge in [-0.15, -0.1) is 0 Å². The lowest BCUT2D eigenvalue weighted by Gasteiger charge is -2.15. The van der Waals surface area contributed by atoms with Crippen molar-refractivity contribution in [2.75, 3.05) is 6.61 Å². The number of hydrogen-bond donors (Lipinski definition) is 0. The van der Waals surface area contributed by atoms with Gasteiger partial charge < -0.3 is 9.30 Å². The molecule has 0 amide bonds. The minimum atomic E-state index is -0.202. The first-order valence-corrected chi connectivity index (χ1v) is 13.3. The third-order valence-electron chi connectivity index (χ3n) is 7.31. The van der Waals surface area contributed by atoms with Crippen LogP contribution < -0.4 is 4.74 Å². The topological polar surface area (TPSA) is 66.1 Å². The van der Waals surface area contributed by atoms with Gasteiger partial charge in [0.05, 0.1) is 11.0 Å². The minimum absolute atomic E-state index is 0.0441. The lowest BCUT2D eigenvalue weighted by Crippen LogP contribution is -2.22. The van der Waals surface area contributed by atoms with E-state index in [-0.39, 0.29) is 18.3 Å². The standard InChI is InChI=1S/C34H29N3O3/c1-22-17-25(33(39)24-11-5-4-6-12-24)18-23(2)34(22)40-21-32(38)37-30-16-10-8-14-28(30)35-31(37)19-26-20-36(3)29-15-9-7-13-27(26)29/h4-18,20H,19,21H2,1-3H3. The number of carbonyl (C=O) groups is 2. The Balaban J connectivity index is 1.29. The highest BCUT2D eigenvalue weighted by molar-refractivity contribution is 6.09. The number of para-hydroxylation sites is 3. The van der Waals surface area contributed by atoms with Crippen molar-refractivity contribution in [3.05, 3.63) is 131 Å². The van der Waals surface area contributed by atoms with Crippen molar-refractivity contribution < 1.29 is 14.3 Å². The molecule has 2 heterocycles. The fourth-order valence-electron chi connectivity index (χ4n) is 5.47. The van der Waals surface area contributed by atoms with Crippen molar-refractivity contribution in [2.45, 2.75) is 20.3 Å². The van der Waals surface area contributed by atoms with Crippen LogP contribution >= 0.6 is 0 Å². The molecule has 6 heteroatoms. The fraction of sp³-hybridized carbons (Fsp3) is 0.147. The first kappa shape index (κ1) is 25.3. The average molecular weight is 528 g/mol. The zero-order valence-corrected chi connectivity index (χ0v) is 22.7. The molecule has 0 fully saturated rings. The molecule has 40 heavy (non-hydrogen) atoms.